The number of halogens is 1. The van der Waals surface area contributed by atoms with Crippen molar-refractivity contribution in [3.8, 4) is 11.5 Å². The summed E-state index contributed by atoms with van der Waals surface area (Å²) in [5.74, 6) is 2.85. The van der Waals surface area contributed by atoms with Crippen molar-refractivity contribution < 1.29 is 9.47 Å². The van der Waals surface area contributed by atoms with Gasteiger partial charge in [0.2, 0.25) is 0 Å². The van der Waals surface area contributed by atoms with E-state index in [1.165, 1.54) is 11.1 Å². The summed E-state index contributed by atoms with van der Waals surface area (Å²) in [6, 6.07) is 2.37. The average Bonchev–Trinajstić information content (AvgIpc) is 2.46. The largest absolute Gasteiger partial charge is 0.486 e. The van der Waals surface area contributed by atoms with Gasteiger partial charge in [0.05, 0.1) is 0 Å². The SMILES string of the molecule is CCC1SCc2c(Br)cc3c(c2C1NC)OCCO3. The minimum absolute atomic E-state index is 0.326. The van der Waals surface area contributed by atoms with Gasteiger partial charge < -0.3 is 14.8 Å². The summed E-state index contributed by atoms with van der Waals surface area (Å²) in [6.45, 7) is 3.52. The highest BCUT2D eigenvalue weighted by molar-refractivity contribution is 9.10. The molecule has 0 radical (unpaired) electrons. The van der Waals surface area contributed by atoms with Gasteiger partial charge in [-0.1, -0.05) is 22.9 Å². The predicted octanol–water partition coefficient (Wildman–Crippen LogP) is 3.51. The lowest BCUT2D eigenvalue weighted by molar-refractivity contribution is 0.168. The van der Waals surface area contributed by atoms with Crippen LogP contribution in [-0.4, -0.2) is 25.5 Å². The second-order valence-corrected chi connectivity index (χ2v) is 6.88. The number of hydrogen-bond donors (Lipinski definition) is 1. The molecule has 0 spiro atoms. The zero-order chi connectivity index (χ0) is 13.4. The highest BCUT2D eigenvalue weighted by Gasteiger charge is 2.34. The lowest BCUT2D eigenvalue weighted by Crippen LogP contribution is -2.32. The van der Waals surface area contributed by atoms with Crippen LogP contribution in [0.25, 0.3) is 0 Å². The van der Waals surface area contributed by atoms with E-state index in [4.69, 9.17) is 9.47 Å². The fraction of sp³-hybridized carbons (Fsp3) is 0.571. The maximum absolute atomic E-state index is 5.91. The second kappa shape index (κ2) is 5.54. The third kappa shape index (κ3) is 2.26. The van der Waals surface area contributed by atoms with Crippen LogP contribution in [-0.2, 0) is 5.75 Å². The molecule has 2 aliphatic heterocycles. The lowest BCUT2D eigenvalue weighted by Gasteiger charge is -2.36. The Kier molecular flexibility index (Phi) is 3.96. The maximum Gasteiger partial charge on any atom is 0.166 e. The number of thioether (sulfide) groups is 1. The molecular formula is C14H18BrNO2S. The Morgan fingerprint density at radius 3 is 2.95 bits per heavy atom. The van der Waals surface area contributed by atoms with E-state index < -0.39 is 0 Å². The molecule has 104 valence electrons. The first-order chi connectivity index (χ1) is 9.26. The fourth-order valence-corrected chi connectivity index (χ4v) is 4.99. The molecule has 5 heteroatoms. The number of nitrogens with one attached hydrogen (secondary N) is 1. The van der Waals surface area contributed by atoms with Gasteiger partial charge in [0.25, 0.3) is 0 Å². The van der Waals surface area contributed by atoms with Gasteiger partial charge >= 0.3 is 0 Å². The molecule has 2 heterocycles. The molecule has 0 saturated carbocycles. The summed E-state index contributed by atoms with van der Waals surface area (Å²) in [5.41, 5.74) is 2.63. The van der Waals surface area contributed by atoms with Crippen LogP contribution in [0.2, 0.25) is 0 Å². The second-order valence-electron chi connectivity index (χ2n) is 4.80. The first-order valence-electron chi connectivity index (χ1n) is 6.66. The molecule has 0 saturated heterocycles. The van der Waals surface area contributed by atoms with Crippen molar-refractivity contribution in [1.29, 1.82) is 0 Å². The fourth-order valence-electron chi connectivity index (χ4n) is 2.85. The van der Waals surface area contributed by atoms with Gasteiger partial charge in [-0.3, -0.25) is 0 Å². The van der Waals surface area contributed by atoms with E-state index >= 15 is 0 Å². The Morgan fingerprint density at radius 1 is 1.42 bits per heavy atom. The molecule has 1 aromatic carbocycles. The van der Waals surface area contributed by atoms with E-state index in [2.05, 4.69) is 28.2 Å². The van der Waals surface area contributed by atoms with Crippen LogP contribution < -0.4 is 14.8 Å². The van der Waals surface area contributed by atoms with Crippen LogP contribution in [0, 0.1) is 0 Å². The maximum atomic E-state index is 5.91. The molecule has 1 aromatic rings. The normalized spacial score (nSPS) is 25.0. The Labute approximate surface area is 126 Å². The lowest BCUT2D eigenvalue weighted by atomic mass is 9.95. The van der Waals surface area contributed by atoms with Crippen molar-refractivity contribution in [1.82, 2.24) is 5.32 Å². The molecular weight excluding hydrogens is 326 g/mol. The van der Waals surface area contributed by atoms with Crippen LogP contribution in [0.1, 0.15) is 30.5 Å². The standard InChI is InChI=1S/C14H18BrNO2S/c1-3-11-13(16-2)12-8(7-19-11)9(15)6-10-14(12)18-5-4-17-10/h6,11,13,16H,3-5,7H2,1-2H3. The summed E-state index contributed by atoms with van der Waals surface area (Å²) >= 11 is 5.70. The van der Waals surface area contributed by atoms with E-state index in [1.54, 1.807) is 0 Å². The number of rotatable bonds is 2. The first-order valence-corrected chi connectivity index (χ1v) is 8.50. The predicted molar refractivity (Wildman–Crippen MR) is 82.3 cm³/mol. The van der Waals surface area contributed by atoms with Crippen LogP contribution >= 0.6 is 27.7 Å². The van der Waals surface area contributed by atoms with Gasteiger partial charge in [0.1, 0.15) is 13.2 Å². The smallest absolute Gasteiger partial charge is 0.166 e. The number of ether oxygens (including phenoxy) is 2. The van der Waals surface area contributed by atoms with Crippen molar-refractivity contribution in [2.45, 2.75) is 30.4 Å². The van der Waals surface area contributed by atoms with Gasteiger partial charge in [-0.2, -0.15) is 11.8 Å². The van der Waals surface area contributed by atoms with Crippen LogP contribution in [0.4, 0.5) is 0 Å². The van der Waals surface area contributed by atoms with Crippen molar-refractivity contribution in [3.63, 3.8) is 0 Å². The zero-order valence-electron chi connectivity index (χ0n) is 11.2. The van der Waals surface area contributed by atoms with Gasteiger partial charge in [0, 0.05) is 27.1 Å². The third-order valence-corrected chi connectivity index (χ3v) is 5.96. The van der Waals surface area contributed by atoms with Crippen molar-refractivity contribution >= 4 is 27.7 Å². The Hall–Kier alpha value is -0.390. The zero-order valence-corrected chi connectivity index (χ0v) is 13.6. The van der Waals surface area contributed by atoms with Crippen LogP contribution in [0.3, 0.4) is 0 Å². The molecule has 0 amide bonds. The molecule has 0 fully saturated rings. The van der Waals surface area contributed by atoms with E-state index in [9.17, 15) is 0 Å². The minimum atomic E-state index is 0.326. The minimum Gasteiger partial charge on any atom is -0.486 e. The van der Waals surface area contributed by atoms with Gasteiger partial charge in [-0.15, -0.1) is 0 Å². The van der Waals surface area contributed by atoms with Gasteiger partial charge in [-0.25, -0.2) is 0 Å². The highest BCUT2D eigenvalue weighted by atomic mass is 79.9. The Balaban J connectivity index is 2.16. The number of hydrogen-bond acceptors (Lipinski definition) is 4. The molecule has 1 N–H and O–H groups in total. The summed E-state index contributed by atoms with van der Waals surface area (Å²) < 4.78 is 12.8. The number of benzene rings is 1. The molecule has 2 unspecified atom stereocenters. The number of fused-ring (bicyclic) bond motifs is 3. The molecule has 0 aliphatic carbocycles. The van der Waals surface area contributed by atoms with Gasteiger partial charge in [0.15, 0.2) is 11.5 Å². The molecule has 3 nitrogen and oxygen atoms in total. The first kappa shape index (κ1) is 13.6. The molecule has 19 heavy (non-hydrogen) atoms. The average molecular weight is 344 g/mol. The highest BCUT2D eigenvalue weighted by Crippen LogP contribution is 2.50. The topological polar surface area (TPSA) is 30.5 Å². The molecule has 3 rings (SSSR count). The van der Waals surface area contributed by atoms with Crippen LogP contribution in [0.15, 0.2) is 10.5 Å². The van der Waals surface area contributed by atoms with Crippen molar-refractivity contribution in [2.75, 3.05) is 20.3 Å². The van der Waals surface area contributed by atoms with Crippen molar-refractivity contribution in [3.05, 3.63) is 21.7 Å². The summed E-state index contributed by atoms with van der Waals surface area (Å²) in [5, 5.41) is 4.05. The summed E-state index contributed by atoms with van der Waals surface area (Å²) in [7, 11) is 2.03. The van der Waals surface area contributed by atoms with E-state index in [-0.39, 0.29) is 0 Å². The summed E-state index contributed by atoms with van der Waals surface area (Å²) in [4.78, 5) is 0. The summed E-state index contributed by atoms with van der Waals surface area (Å²) in [6.07, 6.45) is 1.15. The third-order valence-electron chi connectivity index (χ3n) is 3.76. The molecule has 0 aromatic heterocycles. The Bertz CT molecular complexity index is 495. The molecule has 2 aliphatic rings. The molecule has 0 bridgehead atoms. The van der Waals surface area contributed by atoms with Crippen molar-refractivity contribution in [2.24, 2.45) is 0 Å². The Morgan fingerprint density at radius 2 is 2.21 bits per heavy atom. The quantitative estimate of drug-likeness (QED) is 0.890. The monoisotopic (exact) mass is 343 g/mol. The van der Waals surface area contributed by atoms with E-state index in [1.807, 2.05) is 24.9 Å². The van der Waals surface area contributed by atoms with E-state index in [0.717, 1.165) is 28.1 Å². The molecule has 2 atom stereocenters. The van der Waals surface area contributed by atoms with Gasteiger partial charge in [-0.05, 0) is 25.1 Å². The van der Waals surface area contributed by atoms with E-state index in [0.29, 0.717) is 24.5 Å². The van der Waals surface area contributed by atoms with Crippen LogP contribution in [0.5, 0.6) is 11.5 Å².